The molecule has 0 aliphatic carbocycles. The number of rotatable bonds is 3. The highest BCUT2D eigenvalue weighted by Gasteiger charge is 2.19. The van der Waals surface area contributed by atoms with Crippen LogP contribution in [-0.4, -0.2) is 18.5 Å². The van der Waals surface area contributed by atoms with Gasteiger partial charge in [-0.2, -0.15) is 0 Å². The van der Waals surface area contributed by atoms with Crippen LogP contribution in [0, 0.1) is 6.92 Å². The normalized spacial score (nSPS) is 20.7. The number of thiophene rings is 1. The zero-order valence-corrected chi connectivity index (χ0v) is 10.4. The van der Waals surface area contributed by atoms with E-state index in [1.54, 1.807) is 11.3 Å². The van der Waals surface area contributed by atoms with Crippen LogP contribution in [0.4, 0.5) is 0 Å². The fraction of sp³-hybridized carbons (Fsp3) is 0.583. The zero-order chi connectivity index (χ0) is 11.4. The Morgan fingerprint density at radius 1 is 1.62 bits per heavy atom. The molecule has 1 aliphatic rings. The van der Waals surface area contributed by atoms with Gasteiger partial charge in [0, 0.05) is 4.88 Å². The molecule has 0 bridgehead atoms. The van der Waals surface area contributed by atoms with Crippen LogP contribution < -0.4 is 10.6 Å². The first-order chi connectivity index (χ1) is 7.77. The first-order valence-corrected chi connectivity index (χ1v) is 6.69. The maximum absolute atomic E-state index is 11.8. The lowest BCUT2D eigenvalue weighted by Crippen LogP contribution is -2.46. The largest absolute Gasteiger partial charge is 0.350 e. The number of aryl methyl sites for hydroxylation is 1. The molecule has 0 saturated carbocycles. The molecule has 1 amide bonds. The Balaban J connectivity index is 1.81. The lowest BCUT2D eigenvalue weighted by molar-refractivity contribution is -0.123. The summed E-state index contributed by atoms with van der Waals surface area (Å²) in [5.74, 6) is 0.146. The maximum Gasteiger partial charge on any atom is 0.237 e. The summed E-state index contributed by atoms with van der Waals surface area (Å²) in [5, 5.41) is 8.32. The Morgan fingerprint density at radius 3 is 3.12 bits per heavy atom. The number of piperidine rings is 1. The maximum atomic E-state index is 11.8. The number of hydrogen-bond donors (Lipinski definition) is 2. The van der Waals surface area contributed by atoms with E-state index in [1.807, 2.05) is 0 Å². The van der Waals surface area contributed by atoms with Crippen LogP contribution in [0.25, 0.3) is 0 Å². The van der Waals surface area contributed by atoms with Crippen LogP contribution >= 0.6 is 11.3 Å². The minimum Gasteiger partial charge on any atom is -0.350 e. The van der Waals surface area contributed by atoms with Crippen LogP contribution in [0.1, 0.15) is 29.7 Å². The molecule has 2 N–H and O–H groups in total. The van der Waals surface area contributed by atoms with Gasteiger partial charge in [0.15, 0.2) is 0 Å². The quantitative estimate of drug-likeness (QED) is 0.843. The molecule has 3 nitrogen and oxygen atoms in total. The molecule has 1 aromatic heterocycles. The van der Waals surface area contributed by atoms with E-state index in [-0.39, 0.29) is 11.9 Å². The van der Waals surface area contributed by atoms with E-state index in [0.717, 1.165) is 19.4 Å². The van der Waals surface area contributed by atoms with Gasteiger partial charge in [-0.1, -0.05) is 6.42 Å². The van der Waals surface area contributed by atoms with Crippen molar-refractivity contribution in [1.82, 2.24) is 10.6 Å². The first-order valence-electron chi connectivity index (χ1n) is 5.81. The molecule has 0 spiro atoms. The second-order valence-corrected chi connectivity index (χ2v) is 5.25. The van der Waals surface area contributed by atoms with Gasteiger partial charge >= 0.3 is 0 Å². The average Bonchev–Trinajstić information content (AvgIpc) is 2.73. The summed E-state index contributed by atoms with van der Waals surface area (Å²) in [6.07, 6.45) is 3.31. The van der Waals surface area contributed by atoms with Crippen LogP contribution in [-0.2, 0) is 11.3 Å². The molecule has 0 radical (unpaired) electrons. The summed E-state index contributed by atoms with van der Waals surface area (Å²) in [4.78, 5) is 13.1. The molecule has 1 aromatic rings. The Labute approximate surface area is 100 Å². The lowest BCUT2D eigenvalue weighted by Gasteiger charge is -2.22. The average molecular weight is 238 g/mol. The third-order valence-corrected chi connectivity index (χ3v) is 4.04. The molecule has 0 aromatic carbocycles. The van der Waals surface area contributed by atoms with Crippen LogP contribution in [0.2, 0.25) is 0 Å². The van der Waals surface area contributed by atoms with Crippen molar-refractivity contribution in [2.75, 3.05) is 6.54 Å². The number of hydrogen-bond acceptors (Lipinski definition) is 3. The Hall–Kier alpha value is -0.870. The molecule has 1 fully saturated rings. The van der Waals surface area contributed by atoms with Crippen molar-refractivity contribution in [2.24, 2.45) is 0 Å². The van der Waals surface area contributed by atoms with Crippen LogP contribution in [0.5, 0.6) is 0 Å². The second-order valence-electron chi connectivity index (χ2n) is 4.25. The van der Waals surface area contributed by atoms with Crippen molar-refractivity contribution in [3.8, 4) is 0 Å². The van der Waals surface area contributed by atoms with Gasteiger partial charge in [-0.25, -0.2) is 0 Å². The molecular weight excluding hydrogens is 220 g/mol. The molecule has 2 heterocycles. The topological polar surface area (TPSA) is 41.1 Å². The Bertz CT molecular complexity index is 356. The molecule has 16 heavy (non-hydrogen) atoms. The highest BCUT2D eigenvalue weighted by molar-refractivity contribution is 7.10. The molecule has 88 valence electrons. The Kier molecular flexibility index (Phi) is 3.96. The van der Waals surface area contributed by atoms with Gasteiger partial charge in [-0.15, -0.1) is 11.3 Å². The van der Waals surface area contributed by atoms with E-state index in [2.05, 4.69) is 29.0 Å². The summed E-state index contributed by atoms with van der Waals surface area (Å²) in [7, 11) is 0. The first kappa shape index (κ1) is 11.6. The molecule has 1 aliphatic heterocycles. The fourth-order valence-corrected chi connectivity index (χ4v) is 2.80. The minimum atomic E-state index is 0.0222. The van der Waals surface area contributed by atoms with Gasteiger partial charge in [-0.05, 0) is 43.3 Å². The van der Waals surface area contributed by atoms with Crippen molar-refractivity contribution in [3.05, 3.63) is 21.9 Å². The molecule has 0 unspecified atom stereocenters. The monoisotopic (exact) mass is 238 g/mol. The van der Waals surface area contributed by atoms with Crippen molar-refractivity contribution < 1.29 is 4.79 Å². The van der Waals surface area contributed by atoms with E-state index >= 15 is 0 Å². The third-order valence-electron chi connectivity index (χ3n) is 3.02. The minimum absolute atomic E-state index is 0.0222. The zero-order valence-electron chi connectivity index (χ0n) is 9.58. The second kappa shape index (κ2) is 5.46. The third kappa shape index (κ3) is 2.83. The van der Waals surface area contributed by atoms with Crippen LogP contribution in [0.3, 0.4) is 0 Å². The van der Waals surface area contributed by atoms with Crippen molar-refractivity contribution >= 4 is 17.2 Å². The van der Waals surface area contributed by atoms with Gasteiger partial charge < -0.3 is 10.6 Å². The summed E-state index contributed by atoms with van der Waals surface area (Å²) < 4.78 is 0. The number of carbonyl (C=O) groups excluding carboxylic acids is 1. The van der Waals surface area contributed by atoms with E-state index in [1.165, 1.54) is 16.9 Å². The number of amides is 1. The summed E-state index contributed by atoms with van der Waals surface area (Å²) >= 11 is 1.70. The highest BCUT2D eigenvalue weighted by Crippen LogP contribution is 2.15. The lowest BCUT2D eigenvalue weighted by atomic mass is 10.0. The van der Waals surface area contributed by atoms with Gasteiger partial charge in [0.1, 0.15) is 0 Å². The standard InChI is InChI=1S/C12H18N2OS/c1-9-5-7-16-11(9)8-14-12(15)10-4-2-3-6-13-10/h5,7,10,13H,2-4,6,8H2,1H3,(H,14,15)/t10-/m0/s1. The highest BCUT2D eigenvalue weighted by atomic mass is 32.1. The predicted octanol–water partition coefficient (Wildman–Crippen LogP) is 1.81. The molecule has 4 heteroatoms. The van der Waals surface area contributed by atoms with Crippen molar-refractivity contribution in [1.29, 1.82) is 0 Å². The van der Waals surface area contributed by atoms with Crippen molar-refractivity contribution in [3.63, 3.8) is 0 Å². The molecule has 1 saturated heterocycles. The van der Waals surface area contributed by atoms with E-state index in [0.29, 0.717) is 6.54 Å². The predicted molar refractivity (Wildman–Crippen MR) is 66.5 cm³/mol. The summed E-state index contributed by atoms with van der Waals surface area (Å²) in [6, 6.07) is 2.11. The van der Waals surface area contributed by atoms with Crippen molar-refractivity contribution in [2.45, 2.75) is 38.8 Å². The number of nitrogens with one attached hydrogen (secondary N) is 2. The summed E-state index contributed by atoms with van der Waals surface area (Å²) in [6.45, 7) is 3.72. The van der Waals surface area contributed by atoms with Gasteiger partial charge in [0.2, 0.25) is 5.91 Å². The van der Waals surface area contributed by atoms with Gasteiger partial charge in [0.05, 0.1) is 12.6 Å². The summed E-state index contributed by atoms with van der Waals surface area (Å²) in [5.41, 5.74) is 1.27. The van der Waals surface area contributed by atoms with Gasteiger partial charge in [-0.3, -0.25) is 4.79 Å². The van der Waals surface area contributed by atoms with Gasteiger partial charge in [0.25, 0.3) is 0 Å². The molecule has 1 atom stereocenters. The fourth-order valence-electron chi connectivity index (χ4n) is 1.95. The SMILES string of the molecule is Cc1ccsc1CNC(=O)[C@@H]1CCCCN1. The molecular formula is C12H18N2OS. The van der Waals surface area contributed by atoms with E-state index in [4.69, 9.17) is 0 Å². The molecule has 2 rings (SSSR count). The van der Waals surface area contributed by atoms with E-state index < -0.39 is 0 Å². The smallest absolute Gasteiger partial charge is 0.237 e. The van der Waals surface area contributed by atoms with E-state index in [9.17, 15) is 4.79 Å². The number of carbonyl (C=O) groups is 1. The Morgan fingerprint density at radius 2 is 2.50 bits per heavy atom. The van der Waals surface area contributed by atoms with Crippen LogP contribution in [0.15, 0.2) is 11.4 Å².